The molecule has 1 aliphatic carbocycles. The Labute approximate surface area is 160 Å². The van der Waals surface area contributed by atoms with Gasteiger partial charge in [-0.15, -0.1) is 5.10 Å². The minimum absolute atomic E-state index is 0.0374. The molecule has 0 aliphatic heterocycles. The average molecular weight is 377 g/mol. The zero-order valence-corrected chi connectivity index (χ0v) is 15.1. The van der Waals surface area contributed by atoms with Crippen LogP contribution >= 0.6 is 0 Å². The van der Waals surface area contributed by atoms with Crippen LogP contribution in [-0.2, 0) is 22.7 Å². The number of carbonyl (C=O) groups excluding carboxylic acids is 2. The molecular weight excluding hydrogens is 358 g/mol. The van der Waals surface area contributed by atoms with Crippen LogP contribution in [0.4, 0.5) is 5.69 Å². The number of nitrogens with zero attached hydrogens (tertiary/aromatic N) is 3. The van der Waals surface area contributed by atoms with Crippen LogP contribution in [0.3, 0.4) is 0 Å². The molecule has 3 aromatic rings. The Morgan fingerprint density at radius 1 is 1.11 bits per heavy atom. The topological polar surface area (TPSA) is 106 Å². The molecule has 2 aromatic carbocycles. The summed E-state index contributed by atoms with van der Waals surface area (Å²) in [6.45, 7) is 0.0660. The van der Waals surface area contributed by atoms with E-state index in [1.54, 1.807) is 24.3 Å². The molecule has 1 fully saturated rings. The van der Waals surface area contributed by atoms with Crippen LogP contribution in [0.5, 0.6) is 0 Å². The number of benzene rings is 2. The molecule has 8 nitrogen and oxygen atoms in total. The summed E-state index contributed by atoms with van der Waals surface area (Å²) in [6, 6.07) is 14.2. The molecule has 1 aliphatic rings. The maximum absolute atomic E-state index is 12.4. The Morgan fingerprint density at radius 2 is 1.93 bits per heavy atom. The van der Waals surface area contributed by atoms with Gasteiger partial charge in [-0.2, -0.15) is 0 Å². The first-order chi connectivity index (χ1) is 13.6. The van der Waals surface area contributed by atoms with E-state index in [1.165, 1.54) is 0 Å². The predicted molar refractivity (Wildman–Crippen MR) is 103 cm³/mol. The second kappa shape index (κ2) is 7.59. The fraction of sp³-hybridized carbons (Fsp3) is 0.250. The molecule has 2 amide bonds. The third-order valence-electron chi connectivity index (χ3n) is 4.56. The predicted octanol–water partition coefficient (Wildman–Crippen LogP) is 1.46. The molecule has 8 heteroatoms. The molecule has 0 spiro atoms. The van der Waals surface area contributed by atoms with Gasteiger partial charge in [-0.25, -0.2) is 4.68 Å². The Morgan fingerprint density at radius 3 is 2.75 bits per heavy atom. The normalized spacial score (nSPS) is 13.3. The Bertz CT molecular complexity index is 1100. The van der Waals surface area contributed by atoms with Crippen LogP contribution < -0.4 is 16.2 Å². The van der Waals surface area contributed by atoms with Crippen LogP contribution in [0.2, 0.25) is 0 Å². The monoisotopic (exact) mass is 377 g/mol. The molecular formula is C20H19N5O3. The number of anilines is 1. The first-order valence-electron chi connectivity index (χ1n) is 9.09. The summed E-state index contributed by atoms with van der Waals surface area (Å²) in [5.74, 6) is -0.181. The fourth-order valence-electron chi connectivity index (χ4n) is 2.87. The maximum Gasteiger partial charge on any atom is 0.278 e. The fourth-order valence-corrected chi connectivity index (χ4v) is 2.87. The van der Waals surface area contributed by atoms with Crippen molar-refractivity contribution in [2.45, 2.75) is 25.9 Å². The SMILES string of the molecule is O=C(Cn1nnc2ccccc2c1=O)NCc1cccc(NC(=O)C2CC2)c1. The lowest BCUT2D eigenvalue weighted by atomic mass is 10.2. The van der Waals surface area contributed by atoms with E-state index in [9.17, 15) is 14.4 Å². The third-order valence-corrected chi connectivity index (χ3v) is 4.56. The van der Waals surface area contributed by atoms with E-state index in [0.717, 1.165) is 23.1 Å². The van der Waals surface area contributed by atoms with Crippen molar-refractivity contribution in [3.63, 3.8) is 0 Å². The molecule has 0 atom stereocenters. The molecule has 0 bridgehead atoms. The highest BCUT2D eigenvalue weighted by Gasteiger charge is 2.29. The molecule has 1 saturated carbocycles. The first-order valence-corrected chi connectivity index (χ1v) is 9.09. The molecule has 28 heavy (non-hydrogen) atoms. The van der Waals surface area contributed by atoms with Crippen molar-refractivity contribution in [2.24, 2.45) is 5.92 Å². The summed E-state index contributed by atoms with van der Waals surface area (Å²) >= 11 is 0. The van der Waals surface area contributed by atoms with E-state index >= 15 is 0 Å². The highest BCUT2D eigenvalue weighted by Crippen LogP contribution is 2.30. The number of hydrogen-bond acceptors (Lipinski definition) is 5. The van der Waals surface area contributed by atoms with Crippen molar-refractivity contribution in [1.82, 2.24) is 20.3 Å². The van der Waals surface area contributed by atoms with Gasteiger partial charge < -0.3 is 10.6 Å². The Balaban J connectivity index is 1.37. The Kier molecular flexibility index (Phi) is 4.84. The molecule has 4 rings (SSSR count). The molecule has 2 N–H and O–H groups in total. The minimum Gasteiger partial charge on any atom is -0.350 e. The van der Waals surface area contributed by atoms with Crippen LogP contribution in [0.25, 0.3) is 10.9 Å². The quantitative estimate of drug-likeness (QED) is 0.676. The number of nitrogens with one attached hydrogen (secondary N) is 2. The van der Waals surface area contributed by atoms with Crippen molar-refractivity contribution in [1.29, 1.82) is 0 Å². The van der Waals surface area contributed by atoms with Crippen LogP contribution in [-0.4, -0.2) is 26.8 Å². The van der Waals surface area contributed by atoms with E-state index in [-0.39, 0.29) is 36.4 Å². The van der Waals surface area contributed by atoms with Crippen molar-refractivity contribution in [3.8, 4) is 0 Å². The number of hydrogen-bond donors (Lipinski definition) is 2. The highest BCUT2D eigenvalue weighted by atomic mass is 16.2. The number of fused-ring (bicyclic) bond motifs is 1. The molecule has 0 unspecified atom stereocenters. The van der Waals surface area contributed by atoms with Gasteiger partial charge >= 0.3 is 0 Å². The van der Waals surface area contributed by atoms with Gasteiger partial charge in [0.05, 0.1) is 5.39 Å². The van der Waals surface area contributed by atoms with Crippen molar-refractivity contribution in [3.05, 3.63) is 64.4 Å². The Hall–Kier alpha value is -3.55. The van der Waals surface area contributed by atoms with Gasteiger partial charge in [-0.3, -0.25) is 14.4 Å². The lowest BCUT2D eigenvalue weighted by Crippen LogP contribution is -2.34. The largest absolute Gasteiger partial charge is 0.350 e. The lowest BCUT2D eigenvalue weighted by molar-refractivity contribution is -0.122. The van der Waals surface area contributed by atoms with Crippen molar-refractivity contribution >= 4 is 28.4 Å². The molecule has 142 valence electrons. The van der Waals surface area contributed by atoms with Gasteiger partial charge in [0.25, 0.3) is 5.56 Å². The lowest BCUT2D eigenvalue weighted by Gasteiger charge is -2.09. The zero-order valence-electron chi connectivity index (χ0n) is 15.1. The smallest absolute Gasteiger partial charge is 0.278 e. The minimum atomic E-state index is -0.356. The molecule has 0 radical (unpaired) electrons. The summed E-state index contributed by atoms with van der Waals surface area (Å²) in [5.41, 5.74) is 1.69. The number of carbonyl (C=O) groups is 2. The zero-order chi connectivity index (χ0) is 19.5. The highest BCUT2D eigenvalue weighted by molar-refractivity contribution is 5.94. The summed E-state index contributed by atoms with van der Waals surface area (Å²) in [4.78, 5) is 36.5. The summed E-state index contributed by atoms with van der Waals surface area (Å²) in [7, 11) is 0. The second-order valence-corrected chi connectivity index (χ2v) is 6.81. The molecule has 0 saturated heterocycles. The van der Waals surface area contributed by atoms with Crippen molar-refractivity contribution in [2.75, 3.05) is 5.32 Å². The molecule has 1 heterocycles. The van der Waals surface area contributed by atoms with Gasteiger partial charge in [-0.05, 0) is 42.7 Å². The maximum atomic E-state index is 12.4. The van der Waals surface area contributed by atoms with Crippen LogP contribution in [0, 0.1) is 5.92 Å². The summed E-state index contributed by atoms with van der Waals surface area (Å²) in [5, 5.41) is 13.8. The van der Waals surface area contributed by atoms with Crippen LogP contribution in [0.1, 0.15) is 18.4 Å². The van der Waals surface area contributed by atoms with Crippen LogP contribution in [0.15, 0.2) is 53.3 Å². The number of amides is 2. The average Bonchev–Trinajstić information content (AvgIpc) is 3.55. The third kappa shape index (κ3) is 4.06. The van der Waals surface area contributed by atoms with Gasteiger partial charge in [-0.1, -0.05) is 29.5 Å². The molecule has 1 aromatic heterocycles. The second-order valence-electron chi connectivity index (χ2n) is 6.81. The first kappa shape index (κ1) is 17.8. The van der Waals surface area contributed by atoms with Gasteiger partial charge in [0.1, 0.15) is 12.1 Å². The summed E-state index contributed by atoms with van der Waals surface area (Å²) in [6.07, 6.45) is 1.89. The van der Waals surface area contributed by atoms with E-state index < -0.39 is 0 Å². The van der Waals surface area contributed by atoms with E-state index in [1.807, 2.05) is 24.3 Å². The van der Waals surface area contributed by atoms with Gasteiger partial charge in [0.15, 0.2) is 0 Å². The number of aromatic nitrogens is 3. The standard InChI is InChI=1S/C20H19N5O3/c26-18(12-25-20(28)16-6-1-2-7-17(16)23-24-25)21-11-13-4-3-5-15(10-13)22-19(27)14-8-9-14/h1-7,10,14H,8-9,11-12H2,(H,21,26)(H,22,27). The van der Waals surface area contributed by atoms with E-state index in [2.05, 4.69) is 20.9 Å². The van der Waals surface area contributed by atoms with Gasteiger partial charge in [0.2, 0.25) is 11.8 Å². The van der Waals surface area contributed by atoms with Gasteiger partial charge in [0, 0.05) is 18.2 Å². The van der Waals surface area contributed by atoms with Crippen molar-refractivity contribution < 1.29 is 9.59 Å². The number of rotatable bonds is 6. The van der Waals surface area contributed by atoms with E-state index in [4.69, 9.17) is 0 Å². The summed E-state index contributed by atoms with van der Waals surface area (Å²) < 4.78 is 1.05. The van der Waals surface area contributed by atoms with E-state index in [0.29, 0.717) is 16.6 Å².